The molecule has 0 amide bonds. The van der Waals surface area contributed by atoms with E-state index in [1.54, 1.807) is 23.1 Å². The van der Waals surface area contributed by atoms with Crippen LogP contribution in [-0.4, -0.2) is 41.0 Å². The van der Waals surface area contributed by atoms with E-state index in [1.165, 1.54) is 14.0 Å². The van der Waals surface area contributed by atoms with Crippen LogP contribution >= 0.6 is 0 Å². The first kappa shape index (κ1) is 17.0. The van der Waals surface area contributed by atoms with Gasteiger partial charge in [0.1, 0.15) is 5.82 Å². The zero-order chi connectivity index (χ0) is 17.2. The molecular formula is C13H15FN4O4S. The van der Waals surface area contributed by atoms with E-state index in [0.29, 0.717) is 6.54 Å². The molecule has 0 fully saturated rings. The number of hydrogen-bond acceptors (Lipinski definition) is 5. The predicted molar refractivity (Wildman–Crippen MR) is 79.8 cm³/mol. The third kappa shape index (κ3) is 3.54. The van der Waals surface area contributed by atoms with Crippen molar-refractivity contribution in [1.82, 2.24) is 14.1 Å². The molecule has 0 unspecified atom stereocenters. The number of aromatic nitrogens is 2. The van der Waals surface area contributed by atoms with Gasteiger partial charge in [-0.05, 0) is 19.1 Å². The van der Waals surface area contributed by atoms with Crippen molar-refractivity contribution >= 4 is 15.7 Å². The summed E-state index contributed by atoms with van der Waals surface area (Å²) < 4.78 is 41.2. The van der Waals surface area contributed by atoms with Gasteiger partial charge in [-0.15, -0.1) is 0 Å². The van der Waals surface area contributed by atoms with Gasteiger partial charge in [0.05, 0.1) is 21.9 Å². The first-order valence-electron chi connectivity index (χ1n) is 6.62. The molecule has 0 aliphatic rings. The Kier molecular flexibility index (Phi) is 4.76. The van der Waals surface area contributed by atoms with Crippen molar-refractivity contribution in [3.05, 3.63) is 52.1 Å². The number of sulfonamides is 1. The Morgan fingerprint density at radius 3 is 2.70 bits per heavy atom. The molecule has 8 nitrogen and oxygen atoms in total. The van der Waals surface area contributed by atoms with Crippen LogP contribution in [0, 0.1) is 22.9 Å². The van der Waals surface area contributed by atoms with Crippen molar-refractivity contribution in [2.24, 2.45) is 0 Å². The maximum absolute atomic E-state index is 13.8. The highest BCUT2D eigenvalue weighted by molar-refractivity contribution is 7.89. The zero-order valence-corrected chi connectivity index (χ0v) is 13.3. The quantitative estimate of drug-likeness (QED) is 0.586. The summed E-state index contributed by atoms with van der Waals surface area (Å²) in [7, 11) is -2.72. The first-order chi connectivity index (χ1) is 10.7. The van der Waals surface area contributed by atoms with Crippen LogP contribution in [-0.2, 0) is 16.6 Å². The average Bonchev–Trinajstić information content (AvgIpc) is 3.00. The number of nitro groups is 1. The Balaban J connectivity index is 2.29. The lowest BCUT2D eigenvalue weighted by molar-refractivity contribution is -0.385. The maximum atomic E-state index is 13.8. The molecule has 0 radical (unpaired) electrons. The van der Waals surface area contributed by atoms with Gasteiger partial charge in [0.2, 0.25) is 10.0 Å². The van der Waals surface area contributed by atoms with E-state index < -0.39 is 31.3 Å². The molecule has 124 valence electrons. The highest BCUT2D eigenvalue weighted by Crippen LogP contribution is 2.26. The van der Waals surface area contributed by atoms with Gasteiger partial charge in [0.25, 0.3) is 5.69 Å². The van der Waals surface area contributed by atoms with Crippen LogP contribution in [0.1, 0.15) is 5.56 Å². The van der Waals surface area contributed by atoms with Gasteiger partial charge in [-0.25, -0.2) is 12.8 Å². The first-order valence-corrected chi connectivity index (χ1v) is 8.06. The molecule has 10 heteroatoms. The fraction of sp³-hybridized carbons (Fsp3) is 0.308. The molecule has 0 aliphatic heterocycles. The molecule has 0 N–H and O–H groups in total. The molecule has 0 spiro atoms. The molecule has 0 aliphatic carbocycles. The van der Waals surface area contributed by atoms with Gasteiger partial charge in [0.15, 0.2) is 0 Å². The fourth-order valence-corrected chi connectivity index (χ4v) is 3.15. The van der Waals surface area contributed by atoms with Crippen molar-refractivity contribution in [3.63, 3.8) is 0 Å². The summed E-state index contributed by atoms with van der Waals surface area (Å²) in [5, 5.41) is 14.9. The number of halogens is 1. The number of nitrogens with zero attached hydrogens (tertiary/aromatic N) is 4. The number of likely N-dealkylation sites (N-methyl/N-ethyl adjacent to an activating group) is 1. The number of rotatable bonds is 6. The highest BCUT2D eigenvalue weighted by atomic mass is 32.2. The molecular weight excluding hydrogens is 327 g/mol. The number of hydrogen-bond donors (Lipinski definition) is 0. The molecule has 1 aromatic carbocycles. The normalized spacial score (nSPS) is 11.8. The van der Waals surface area contributed by atoms with Gasteiger partial charge in [0, 0.05) is 32.1 Å². The third-order valence-corrected chi connectivity index (χ3v) is 5.23. The van der Waals surface area contributed by atoms with Gasteiger partial charge in [-0.1, -0.05) is 0 Å². The Hall–Kier alpha value is -2.33. The van der Waals surface area contributed by atoms with Crippen LogP contribution in [0.25, 0.3) is 0 Å². The smallest absolute Gasteiger partial charge is 0.271 e. The zero-order valence-electron chi connectivity index (χ0n) is 12.5. The van der Waals surface area contributed by atoms with E-state index in [1.807, 2.05) is 0 Å². The number of benzene rings is 1. The Labute approximate surface area is 132 Å². The molecule has 1 heterocycles. The fourth-order valence-electron chi connectivity index (χ4n) is 1.95. The lowest BCUT2D eigenvalue weighted by Gasteiger charge is -2.17. The van der Waals surface area contributed by atoms with Gasteiger partial charge in [-0.2, -0.15) is 9.40 Å². The molecule has 0 atom stereocenters. The van der Waals surface area contributed by atoms with Gasteiger partial charge < -0.3 is 0 Å². The Bertz CT molecular complexity index is 821. The highest BCUT2D eigenvalue weighted by Gasteiger charge is 2.26. The largest absolute Gasteiger partial charge is 0.276 e. The van der Waals surface area contributed by atoms with E-state index in [-0.39, 0.29) is 12.1 Å². The Morgan fingerprint density at radius 1 is 1.43 bits per heavy atom. The van der Waals surface area contributed by atoms with Crippen LogP contribution in [0.4, 0.5) is 10.1 Å². The van der Waals surface area contributed by atoms with E-state index in [2.05, 4.69) is 5.10 Å². The lowest BCUT2D eigenvalue weighted by Crippen LogP contribution is -2.30. The van der Waals surface area contributed by atoms with Crippen molar-refractivity contribution in [2.45, 2.75) is 18.4 Å². The third-order valence-electron chi connectivity index (χ3n) is 3.40. The summed E-state index contributed by atoms with van der Waals surface area (Å²) in [5.41, 5.74) is -0.766. The van der Waals surface area contributed by atoms with Crippen molar-refractivity contribution in [2.75, 3.05) is 13.6 Å². The average molecular weight is 342 g/mol. The van der Waals surface area contributed by atoms with Crippen LogP contribution < -0.4 is 0 Å². The summed E-state index contributed by atoms with van der Waals surface area (Å²) in [6.07, 6.45) is 3.24. The molecule has 0 saturated heterocycles. The minimum atomic E-state index is -4.04. The van der Waals surface area contributed by atoms with Gasteiger partial charge >= 0.3 is 0 Å². The summed E-state index contributed by atoms with van der Waals surface area (Å²) in [6.45, 7) is 1.62. The monoisotopic (exact) mass is 342 g/mol. The molecule has 2 rings (SSSR count). The summed E-state index contributed by atoms with van der Waals surface area (Å²) in [6, 6.07) is 3.37. The standard InChI is InChI=1S/C13H15FN4O4S/c1-10-12(14)8-11(9-13(10)18(19)20)23(21,22)16(2)6-7-17-5-3-4-15-17/h3-5,8-9H,6-7H2,1-2H3. The van der Waals surface area contributed by atoms with Crippen LogP contribution in [0.15, 0.2) is 35.5 Å². The molecule has 0 saturated carbocycles. The van der Waals surface area contributed by atoms with Crippen molar-refractivity contribution in [3.8, 4) is 0 Å². The minimum Gasteiger partial charge on any atom is -0.271 e. The SMILES string of the molecule is Cc1c(F)cc(S(=O)(=O)N(C)CCn2cccn2)cc1[N+](=O)[O-]. The predicted octanol–water partition coefficient (Wildman–Crippen LogP) is 1.56. The second-order valence-electron chi connectivity index (χ2n) is 4.90. The molecule has 23 heavy (non-hydrogen) atoms. The van der Waals surface area contributed by atoms with Crippen LogP contribution in [0.2, 0.25) is 0 Å². The molecule has 2 aromatic rings. The van der Waals surface area contributed by atoms with E-state index in [0.717, 1.165) is 16.4 Å². The van der Waals surface area contributed by atoms with Crippen LogP contribution in [0.3, 0.4) is 0 Å². The summed E-state index contributed by atoms with van der Waals surface area (Å²) >= 11 is 0. The van der Waals surface area contributed by atoms with Crippen LogP contribution in [0.5, 0.6) is 0 Å². The number of nitro benzene ring substituents is 1. The van der Waals surface area contributed by atoms with Crippen molar-refractivity contribution in [1.29, 1.82) is 0 Å². The second kappa shape index (κ2) is 6.42. The topological polar surface area (TPSA) is 98.3 Å². The molecule has 0 bridgehead atoms. The van der Waals surface area contributed by atoms with Crippen molar-refractivity contribution < 1.29 is 17.7 Å². The minimum absolute atomic E-state index is 0.0906. The van der Waals surface area contributed by atoms with Gasteiger partial charge in [-0.3, -0.25) is 14.8 Å². The van der Waals surface area contributed by atoms with E-state index >= 15 is 0 Å². The van der Waals surface area contributed by atoms with E-state index in [9.17, 15) is 22.9 Å². The Morgan fingerprint density at radius 2 is 2.13 bits per heavy atom. The summed E-state index contributed by atoms with van der Waals surface area (Å²) in [5.74, 6) is -0.932. The lowest BCUT2D eigenvalue weighted by atomic mass is 10.2. The molecule has 1 aromatic heterocycles. The maximum Gasteiger partial charge on any atom is 0.276 e. The van der Waals surface area contributed by atoms with E-state index in [4.69, 9.17) is 0 Å². The second-order valence-corrected chi connectivity index (χ2v) is 6.95. The summed E-state index contributed by atoms with van der Waals surface area (Å²) in [4.78, 5) is 9.67.